The fourth-order valence-corrected chi connectivity index (χ4v) is 5.05. The average molecular weight is 455 g/mol. The maximum atomic E-state index is 11.3. The minimum atomic E-state index is -0.431. The van der Waals surface area contributed by atoms with Crippen LogP contribution in [-0.2, 0) is 22.6 Å². The molecule has 0 spiro atoms. The minimum Gasteiger partial charge on any atom is -0.462 e. The number of hydrogen-bond donors (Lipinski definition) is 1. The Kier molecular flexibility index (Phi) is 7.97. The van der Waals surface area contributed by atoms with Crippen LogP contribution in [0.25, 0.3) is 22.3 Å². The van der Waals surface area contributed by atoms with Crippen LogP contribution in [-0.4, -0.2) is 17.7 Å². The van der Waals surface area contributed by atoms with Crippen molar-refractivity contribution in [2.24, 2.45) is 0 Å². The van der Waals surface area contributed by atoms with Gasteiger partial charge in [0, 0.05) is 12.5 Å². The summed E-state index contributed by atoms with van der Waals surface area (Å²) in [5, 5.41) is 9.73. The Morgan fingerprint density at radius 2 is 1.65 bits per heavy atom. The number of aliphatic hydroxyl groups excluding tert-OH is 1. The van der Waals surface area contributed by atoms with E-state index in [0.29, 0.717) is 6.42 Å². The summed E-state index contributed by atoms with van der Waals surface area (Å²) in [5.41, 5.74) is 9.25. The molecule has 0 aromatic heterocycles. The SMILES string of the molecule is C=CC(=O)OCCc1cc(-c2ccc(-c3ccc(C4CCCCC4)cc3)cc2C)ccc1CO. The van der Waals surface area contributed by atoms with Crippen molar-refractivity contribution in [2.45, 2.75) is 58.0 Å². The lowest BCUT2D eigenvalue weighted by molar-refractivity contribution is -0.137. The molecular formula is C31H34O3. The van der Waals surface area contributed by atoms with E-state index < -0.39 is 5.97 Å². The van der Waals surface area contributed by atoms with Gasteiger partial charge in [0.25, 0.3) is 0 Å². The largest absolute Gasteiger partial charge is 0.462 e. The van der Waals surface area contributed by atoms with E-state index in [0.717, 1.165) is 34.2 Å². The first-order valence-electron chi connectivity index (χ1n) is 12.3. The zero-order valence-corrected chi connectivity index (χ0v) is 20.1. The molecule has 1 aliphatic carbocycles. The van der Waals surface area contributed by atoms with Crippen molar-refractivity contribution >= 4 is 5.97 Å². The van der Waals surface area contributed by atoms with Gasteiger partial charge >= 0.3 is 5.97 Å². The highest BCUT2D eigenvalue weighted by Gasteiger charge is 2.15. The molecule has 3 aromatic carbocycles. The second-order valence-corrected chi connectivity index (χ2v) is 9.25. The molecule has 0 amide bonds. The van der Waals surface area contributed by atoms with Gasteiger partial charge in [0.05, 0.1) is 13.2 Å². The highest BCUT2D eigenvalue weighted by atomic mass is 16.5. The summed E-state index contributed by atoms with van der Waals surface area (Å²) in [7, 11) is 0. The standard InChI is InChI=1S/C31H34O3/c1-3-31(33)34-18-17-27-20-28(13-14-29(27)21-32)30-16-15-26(19-22(30)2)25-11-9-24(10-12-25)23-7-5-4-6-8-23/h3,9-16,19-20,23,32H,1,4-8,17-18,21H2,2H3. The summed E-state index contributed by atoms with van der Waals surface area (Å²) in [4.78, 5) is 11.3. The zero-order valence-electron chi connectivity index (χ0n) is 20.1. The van der Waals surface area contributed by atoms with Gasteiger partial charge < -0.3 is 9.84 Å². The van der Waals surface area contributed by atoms with Crippen LogP contribution >= 0.6 is 0 Å². The Hall–Kier alpha value is -3.17. The van der Waals surface area contributed by atoms with Crippen LogP contribution in [0.4, 0.5) is 0 Å². The van der Waals surface area contributed by atoms with Crippen LogP contribution in [0.2, 0.25) is 0 Å². The van der Waals surface area contributed by atoms with Crippen LogP contribution in [0.15, 0.2) is 73.3 Å². The number of aryl methyl sites for hydroxylation is 1. The third-order valence-electron chi connectivity index (χ3n) is 7.02. The van der Waals surface area contributed by atoms with Gasteiger partial charge in [0.1, 0.15) is 0 Å². The van der Waals surface area contributed by atoms with Crippen molar-refractivity contribution in [3.63, 3.8) is 0 Å². The molecule has 3 nitrogen and oxygen atoms in total. The zero-order chi connectivity index (χ0) is 23.9. The molecule has 1 saturated carbocycles. The Labute approximate surface area is 203 Å². The van der Waals surface area contributed by atoms with Crippen LogP contribution in [0.5, 0.6) is 0 Å². The first kappa shape index (κ1) is 24.0. The number of hydrogen-bond acceptors (Lipinski definition) is 3. The topological polar surface area (TPSA) is 46.5 Å². The van der Waals surface area contributed by atoms with Crippen molar-refractivity contribution in [1.82, 2.24) is 0 Å². The first-order valence-corrected chi connectivity index (χ1v) is 12.3. The van der Waals surface area contributed by atoms with Gasteiger partial charge in [-0.25, -0.2) is 4.79 Å². The molecule has 0 atom stereocenters. The van der Waals surface area contributed by atoms with Gasteiger partial charge in [-0.3, -0.25) is 0 Å². The molecule has 4 rings (SSSR count). The number of esters is 1. The summed E-state index contributed by atoms with van der Waals surface area (Å²) in [5.74, 6) is 0.295. The predicted octanol–water partition coefficient (Wildman–Crippen LogP) is 7.14. The highest BCUT2D eigenvalue weighted by molar-refractivity contribution is 5.81. The maximum absolute atomic E-state index is 11.3. The average Bonchev–Trinajstić information content (AvgIpc) is 2.89. The van der Waals surface area contributed by atoms with Crippen molar-refractivity contribution in [1.29, 1.82) is 0 Å². The second kappa shape index (κ2) is 11.3. The van der Waals surface area contributed by atoms with E-state index in [-0.39, 0.29) is 13.2 Å². The van der Waals surface area contributed by atoms with Crippen LogP contribution < -0.4 is 0 Å². The minimum absolute atomic E-state index is 0.0419. The fourth-order valence-electron chi connectivity index (χ4n) is 5.05. The van der Waals surface area contributed by atoms with Crippen molar-refractivity contribution in [3.8, 4) is 22.3 Å². The fraction of sp³-hybridized carbons (Fsp3) is 0.323. The van der Waals surface area contributed by atoms with E-state index in [9.17, 15) is 9.90 Å². The quantitative estimate of drug-likeness (QED) is 0.291. The number of carbonyl (C=O) groups excluding carboxylic acids is 1. The molecule has 0 unspecified atom stereocenters. The van der Waals surface area contributed by atoms with Gasteiger partial charge in [-0.15, -0.1) is 0 Å². The molecule has 176 valence electrons. The lowest BCUT2D eigenvalue weighted by Crippen LogP contribution is -2.06. The first-order chi connectivity index (χ1) is 16.6. The maximum Gasteiger partial charge on any atom is 0.330 e. The van der Waals surface area contributed by atoms with Crippen molar-refractivity contribution in [2.75, 3.05) is 6.61 Å². The monoisotopic (exact) mass is 454 g/mol. The van der Waals surface area contributed by atoms with E-state index >= 15 is 0 Å². The van der Waals surface area contributed by atoms with Crippen molar-refractivity contribution < 1.29 is 14.6 Å². The molecule has 0 saturated heterocycles. The smallest absolute Gasteiger partial charge is 0.330 e. The molecule has 0 aliphatic heterocycles. The molecule has 34 heavy (non-hydrogen) atoms. The molecule has 0 heterocycles. The normalized spacial score (nSPS) is 14.1. The summed E-state index contributed by atoms with van der Waals surface area (Å²) >= 11 is 0. The lowest BCUT2D eigenvalue weighted by atomic mass is 9.83. The summed E-state index contributed by atoms with van der Waals surface area (Å²) in [6, 6.07) is 21.8. The Bertz CT molecular complexity index is 1140. The third-order valence-corrected chi connectivity index (χ3v) is 7.02. The molecule has 1 N–H and O–H groups in total. The van der Waals surface area contributed by atoms with Gasteiger partial charge in [-0.2, -0.15) is 0 Å². The summed E-state index contributed by atoms with van der Waals surface area (Å²) in [6.07, 6.45) is 8.45. The molecule has 3 heteroatoms. The Morgan fingerprint density at radius 3 is 2.32 bits per heavy atom. The highest BCUT2D eigenvalue weighted by Crippen LogP contribution is 2.34. The third kappa shape index (κ3) is 5.66. The van der Waals surface area contributed by atoms with E-state index in [1.807, 2.05) is 12.1 Å². The number of aliphatic hydroxyl groups is 1. The number of carbonyl (C=O) groups is 1. The van der Waals surface area contributed by atoms with E-state index in [1.54, 1.807) is 0 Å². The number of benzene rings is 3. The van der Waals surface area contributed by atoms with E-state index in [4.69, 9.17) is 4.74 Å². The second-order valence-electron chi connectivity index (χ2n) is 9.25. The molecular weight excluding hydrogens is 420 g/mol. The molecule has 3 aromatic rings. The van der Waals surface area contributed by atoms with Gasteiger partial charge in [0.2, 0.25) is 0 Å². The Balaban J connectivity index is 1.53. The Morgan fingerprint density at radius 1 is 0.941 bits per heavy atom. The van der Waals surface area contributed by atoms with E-state index in [2.05, 4.69) is 62.0 Å². The van der Waals surface area contributed by atoms with Crippen LogP contribution in [0, 0.1) is 6.92 Å². The molecule has 1 aliphatic rings. The molecule has 1 fully saturated rings. The van der Waals surface area contributed by atoms with Gasteiger partial charge in [-0.1, -0.05) is 86.5 Å². The number of ether oxygens (including phenoxy) is 1. The van der Waals surface area contributed by atoms with Crippen LogP contribution in [0.3, 0.4) is 0 Å². The summed E-state index contributed by atoms with van der Waals surface area (Å²) < 4.78 is 5.14. The predicted molar refractivity (Wildman–Crippen MR) is 139 cm³/mol. The summed E-state index contributed by atoms with van der Waals surface area (Å²) in [6.45, 7) is 5.78. The van der Waals surface area contributed by atoms with E-state index in [1.165, 1.54) is 54.4 Å². The van der Waals surface area contributed by atoms with Gasteiger partial charge in [-0.05, 0) is 70.2 Å². The lowest BCUT2D eigenvalue weighted by Gasteiger charge is -2.22. The molecule has 0 radical (unpaired) electrons. The number of rotatable bonds is 8. The molecule has 0 bridgehead atoms. The van der Waals surface area contributed by atoms with Crippen molar-refractivity contribution in [3.05, 3.63) is 95.6 Å². The van der Waals surface area contributed by atoms with Crippen LogP contribution in [0.1, 0.15) is 60.3 Å². The van der Waals surface area contributed by atoms with Gasteiger partial charge in [0.15, 0.2) is 0 Å².